The zero-order valence-electron chi connectivity index (χ0n) is 18.4. The van der Waals surface area contributed by atoms with Gasteiger partial charge in [0.2, 0.25) is 17.8 Å². The highest BCUT2D eigenvalue weighted by Crippen LogP contribution is 2.23. The molecule has 1 heterocycles. The van der Waals surface area contributed by atoms with Crippen LogP contribution in [0.4, 0.5) is 29.2 Å². The van der Waals surface area contributed by atoms with Gasteiger partial charge in [0.1, 0.15) is 0 Å². The highest BCUT2D eigenvalue weighted by molar-refractivity contribution is 5.98. The van der Waals surface area contributed by atoms with E-state index in [4.69, 9.17) is 0 Å². The summed E-state index contributed by atoms with van der Waals surface area (Å²) < 4.78 is 0. The lowest BCUT2D eigenvalue weighted by Crippen LogP contribution is -2.24. The summed E-state index contributed by atoms with van der Waals surface area (Å²) >= 11 is 0. The first kappa shape index (κ1) is 22.1. The van der Waals surface area contributed by atoms with Crippen LogP contribution in [0.5, 0.6) is 0 Å². The van der Waals surface area contributed by atoms with Crippen molar-refractivity contribution in [2.45, 2.75) is 45.1 Å². The zero-order chi connectivity index (χ0) is 23.0. The average molecular weight is 447 g/mol. The number of nitro groups is 1. The topological polar surface area (TPSA) is 130 Å². The number of nitrogens with one attached hydrogen (secondary N) is 3. The molecule has 10 heteroatoms. The van der Waals surface area contributed by atoms with Gasteiger partial charge < -0.3 is 10.6 Å². The van der Waals surface area contributed by atoms with Crippen LogP contribution >= 0.6 is 0 Å². The van der Waals surface area contributed by atoms with E-state index < -0.39 is 4.92 Å². The lowest BCUT2D eigenvalue weighted by molar-refractivity contribution is -0.384. The number of aromatic nitrogens is 3. The average Bonchev–Trinajstić information content (AvgIpc) is 2.84. The number of nitrogens with zero attached hydrogens (tertiary/aromatic N) is 5. The van der Waals surface area contributed by atoms with Crippen molar-refractivity contribution in [1.29, 1.82) is 0 Å². The third-order valence-electron chi connectivity index (χ3n) is 5.42. The first-order chi connectivity index (χ1) is 16.1. The smallest absolute Gasteiger partial charge is 0.269 e. The van der Waals surface area contributed by atoms with Gasteiger partial charge in [-0.3, -0.25) is 10.1 Å². The van der Waals surface area contributed by atoms with E-state index in [2.05, 4.69) is 36.1 Å². The molecule has 3 N–H and O–H groups in total. The number of benzene rings is 2. The monoisotopic (exact) mass is 446 g/mol. The minimum Gasteiger partial charge on any atom is -0.351 e. The molecule has 0 saturated heterocycles. The predicted molar refractivity (Wildman–Crippen MR) is 129 cm³/mol. The van der Waals surface area contributed by atoms with Crippen molar-refractivity contribution in [3.05, 3.63) is 70.3 Å². The van der Waals surface area contributed by atoms with Gasteiger partial charge in [-0.1, -0.05) is 49.6 Å². The molecule has 0 bridgehead atoms. The fourth-order valence-electron chi connectivity index (χ4n) is 3.65. The lowest BCUT2D eigenvalue weighted by Gasteiger charge is -2.23. The van der Waals surface area contributed by atoms with Crippen LogP contribution in [0.15, 0.2) is 59.7 Å². The van der Waals surface area contributed by atoms with Gasteiger partial charge in [-0.05, 0) is 37.5 Å². The summed E-state index contributed by atoms with van der Waals surface area (Å²) in [6, 6.07) is 16.2. The first-order valence-corrected chi connectivity index (χ1v) is 11.0. The van der Waals surface area contributed by atoms with Crippen molar-refractivity contribution in [3.8, 4) is 0 Å². The predicted octanol–water partition coefficient (Wildman–Crippen LogP) is 5.10. The number of anilines is 4. The number of hydrazone groups is 1. The molecule has 1 fully saturated rings. The standard InChI is InChI=1S/C23H26N8O2/c1-16(17-8-4-2-5-9-17)29-30-23-27-21(24-18-10-6-3-7-11-18)26-22(28-23)25-19-12-14-20(15-13-19)31(32)33/h2,4-5,8-9,12-15,18H,3,6-7,10-11H2,1H3,(H3,24,25,26,27,28,30)/b29-16-. The minimum absolute atomic E-state index is 0.0175. The van der Waals surface area contributed by atoms with Gasteiger partial charge in [0.25, 0.3) is 5.69 Å². The van der Waals surface area contributed by atoms with Gasteiger partial charge in [0, 0.05) is 23.9 Å². The van der Waals surface area contributed by atoms with Gasteiger partial charge in [0.15, 0.2) is 0 Å². The molecule has 4 rings (SSSR count). The van der Waals surface area contributed by atoms with Gasteiger partial charge >= 0.3 is 0 Å². The second kappa shape index (κ2) is 10.5. The van der Waals surface area contributed by atoms with Gasteiger partial charge in [-0.2, -0.15) is 20.1 Å². The maximum absolute atomic E-state index is 10.9. The van der Waals surface area contributed by atoms with Crippen LogP contribution in [-0.4, -0.2) is 31.6 Å². The van der Waals surface area contributed by atoms with Crippen molar-refractivity contribution in [3.63, 3.8) is 0 Å². The lowest BCUT2D eigenvalue weighted by atomic mass is 9.96. The molecule has 0 unspecified atom stereocenters. The minimum atomic E-state index is -0.436. The van der Waals surface area contributed by atoms with Crippen LogP contribution in [0, 0.1) is 10.1 Å². The van der Waals surface area contributed by atoms with E-state index in [-0.39, 0.29) is 5.69 Å². The molecule has 0 amide bonds. The van der Waals surface area contributed by atoms with Crippen molar-refractivity contribution in [2.75, 3.05) is 16.1 Å². The summed E-state index contributed by atoms with van der Waals surface area (Å²) in [5.41, 5.74) is 5.36. The quantitative estimate of drug-likeness (QED) is 0.247. The van der Waals surface area contributed by atoms with Crippen molar-refractivity contribution < 1.29 is 4.92 Å². The van der Waals surface area contributed by atoms with Crippen molar-refractivity contribution >= 4 is 34.9 Å². The molecule has 1 aliphatic carbocycles. The Kier molecular flexibility index (Phi) is 7.03. The van der Waals surface area contributed by atoms with Crippen molar-refractivity contribution in [2.24, 2.45) is 5.10 Å². The Morgan fingerprint density at radius 3 is 2.30 bits per heavy atom. The van der Waals surface area contributed by atoms with Crippen molar-refractivity contribution in [1.82, 2.24) is 15.0 Å². The largest absolute Gasteiger partial charge is 0.351 e. The molecule has 2 aromatic carbocycles. The van der Waals surface area contributed by atoms with E-state index in [9.17, 15) is 10.1 Å². The Balaban J connectivity index is 1.56. The Bertz CT molecular complexity index is 1110. The van der Waals surface area contributed by atoms with E-state index in [1.807, 2.05) is 37.3 Å². The zero-order valence-corrected chi connectivity index (χ0v) is 18.4. The van der Waals surface area contributed by atoms with Gasteiger partial charge in [-0.25, -0.2) is 5.43 Å². The first-order valence-electron chi connectivity index (χ1n) is 11.0. The molecule has 1 aromatic heterocycles. The van der Waals surface area contributed by atoms with Gasteiger partial charge in [0.05, 0.1) is 10.6 Å². The number of nitro benzene ring substituents is 1. The molecule has 10 nitrogen and oxygen atoms in total. The second-order valence-electron chi connectivity index (χ2n) is 7.89. The summed E-state index contributed by atoms with van der Waals surface area (Å²) in [7, 11) is 0. The summed E-state index contributed by atoms with van der Waals surface area (Å²) in [6.45, 7) is 1.90. The normalized spacial score (nSPS) is 14.5. The molecular formula is C23H26N8O2. The fraction of sp³-hybridized carbons (Fsp3) is 0.304. The molecule has 0 aliphatic heterocycles. The number of non-ortho nitro benzene ring substituents is 1. The maximum Gasteiger partial charge on any atom is 0.269 e. The number of rotatable bonds is 8. The maximum atomic E-state index is 10.9. The molecule has 0 spiro atoms. The van der Waals surface area contributed by atoms with E-state index in [1.165, 1.54) is 31.4 Å². The van der Waals surface area contributed by atoms with Gasteiger partial charge in [-0.15, -0.1) is 0 Å². The molecule has 33 heavy (non-hydrogen) atoms. The van der Waals surface area contributed by atoms with Crippen LogP contribution in [0.2, 0.25) is 0 Å². The SMILES string of the molecule is C/C(=N/Nc1nc(Nc2ccc([N+](=O)[O-])cc2)nc(NC2CCCCC2)n1)c1ccccc1. The Morgan fingerprint density at radius 1 is 0.939 bits per heavy atom. The Morgan fingerprint density at radius 2 is 1.61 bits per heavy atom. The van der Waals surface area contributed by atoms with Crippen LogP contribution in [0.1, 0.15) is 44.6 Å². The van der Waals surface area contributed by atoms with E-state index in [0.717, 1.165) is 24.1 Å². The van der Waals surface area contributed by atoms with E-state index >= 15 is 0 Å². The summed E-state index contributed by atoms with van der Waals surface area (Å²) in [4.78, 5) is 23.9. The second-order valence-corrected chi connectivity index (χ2v) is 7.89. The van der Waals surface area contributed by atoms with Crippen LogP contribution in [-0.2, 0) is 0 Å². The highest BCUT2D eigenvalue weighted by atomic mass is 16.6. The highest BCUT2D eigenvalue weighted by Gasteiger charge is 2.16. The molecule has 3 aromatic rings. The molecule has 0 radical (unpaired) electrons. The van der Waals surface area contributed by atoms with E-state index in [1.54, 1.807) is 12.1 Å². The molecule has 1 aliphatic rings. The summed E-state index contributed by atoms with van der Waals surface area (Å²) in [6.07, 6.45) is 5.77. The number of hydrogen-bond donors (Lipinski definition) is 3. The van der Waals surface area contributed by atoms with Crippen LogP contribution in [0.3, 0.4) is 0 Å². The number of hydrogen-bond acceptors (Lipinski definition) is 9. The Hall–Kier alpha value is -4.08. The molecular weight excluding hydrogens is 420 g/mol. The van der Waals surface area contributed by atoms with E-state index in [0.29, 0.717) is 29.6 Å². The fourth-order valence-corrected chi connectivity index (χ4v) is 3.65. The summed E-state index contributed by atoms with van der Waals surface area (Å²) in [5, 5.41) is 21.8. The van der Waals surface area contributed by atoms with Crippen LogP contribution in [0.25, 0.3) is 0 Å². The van der Waals surface area contributed by atoms with Crippen LogP contribution < -0.4 is 16.1 Å². The third-order valence-corrected chi connectivity index (χ3v) is 5.42. The molecule has 1 saturated carbocycles. The molecule has 170 valence electrons. The third kappa shape index (κ3) is 6.22. The molecule has 0 atom stereocenters. The Labute approximate surface area is 191 Å². The summed E-state index contributed by atoms with van der Waals surface area (Å²) in [5.74, 6) is 1.06.